The van der Waals surface area contributed by atoms with Crippen LogP contribution in [0.4, 0.5) is 0 Å². The second-order valence-electron chi connectivity index (χ2n) is 3.28. The minimum Gasteiger partial charge on any atom is -0.378 e. The van der Waals surface area contributed by atoms with E-state index in [0.29, 0.717) is 5.17 Å². The molecule has 1 aliphatic rings. The SMILES string of the molecule is Cc1cccc(C2=CN=C(N)SC2)c1. The number of amidine groups is 1. The van der Waals surface area contributed by atoms with Crippen molar-refractivity contribution in [3.05, 3.63) is 41.6 Å². The van der Waals surface area contributed by atoms with E-state index in [1.165, 1.54) is 16.7 Å². The third kappa shape index (κ3) is 1.99. The summed E-state index contributed by atoms with van der Waals surface area (Å²) in [4.78, 5) is 4.11. The average Bonchev–Trinajstić information content (AvgIpc) is 2.19. The molecule has 0 spiro atoms. The fourth-order valence-corrected chi connectivity index (χ4v) is 2.04. The summed E-state index contributed by atoms with van der Waals surface area (Å²) in [5, 5.41) is 0.654. The molecule has 2 rings (SSSR count). The molecule has 0 saturated heterocycles. The van der Waals surface area contributed by atoms with Crippen LogP contribution in [-0.2, 0) is 0 Å². The Kier molecular flexibility index (Phi) is 2.59. The Morgan fingerprint density at radius 1 is 1.43 bits per heavy atom. The minimum atomic E-state index is 0.654. The Balaban J connectivity index is 2.32. The van der Waals surface area contributed by atoms with Crippen LogP contribution in [0.1, 0.15) is 11.1 Å². The number of nitrogens with zero attached hydrogens (tertiary/aromatic N) is 1. The molecule has 0 aliphatic carbocycles. The number of rotatable bonds is 1. The zero-order valence-electron chi connectivity index (χ0n) is 8.03. The van der Waals surface area contributed by atoms with Crippen molar-refractivity contribution < 1.29 is 0 Å². The molecule has 0 fully saturated rings. The van der Waals surface area contributed by atoms with Gasteiger partial charge in [-0.15, -0.1) is 0 Å². The van der Waals surface area contributed by atoms with Crippen LogP contribution in [0.15, 0.2) is 35.5 Å². The van der Waals surface area contributed by atoms with E-state index in [0.717, 1.165) is 5.75 Å². The van der Waals surface area contributed by atoms with Crippen LogP contribution < -0.4 is 5.73 Å². The van der Waals surface area contributed by atoms with Gasteiger partial charge < -0.3 is 5.73 Å². The van der Waals surface area contributed by atoms with Crippen LogP contribution in [0, 0.1) is 6.92 Å². The maximum absolute atomic E-state index is 5.57. The molecule has 0 atom stereocenters. The van der Waals surface area contributed by atoms with Crippen LogP contribution >= 0.6 is 11.8 Å². The molecule has 3 heteroatoms. The van der Waals surface area contributed by atoms with Crippen LogP contribution in [0.2, 0.25) is 0 Å². The van der Waals surface area contributed by atoms with E-state index >= 15 is 0 Å². The van der Waals surface area contributed by atoms with Gasteiger partial charge in [0.2, 0.25) is 0 Å². The number of aryl methyl sites for hydroxylation is 1. The molecule has 1 aliphatic heterocycles. The number of hydrogen-bond acceptors (Lipinski definition) is 3. The number of nitrogens with two attached hydrogens (primary N) is 1. The highest BCUT2D eigenvalue weighted by atomic mass is 32.2. The summed E-state index contributed by atoms with van der Waals surface area (Å²) < 4.78 is 0. The first-order valence-corrected chi connectivity index (χ1v) is 5.46. The summed E-state index contributed by atoms with van der Waals surface area (Å²) in [5.74, 6) is 0.915. The first-order valence-electron chi connectivity index (χ1n) is 4.48. The number of hydrogen-bond donors (Lipinski definition) is 1. The molecular weight excluding hydrogens is 192 g/mol. The molecule has 72 valence electrons. The summed E-state index contributed by atoms with van der Waals surface area (Å²) in [6, 6.07) is 8.44. The van der Waals surface area contributed by atoms with Gasteiger partial charge in [0.05, 0.1) is 0 Å². The van der Waals surface area contributed by atoms with Crippen molar-refractivity contribution in [2.45, 2.75) is 6.92 Å². The van der Waals surface area contributed by atoms with E-state index in [9.17, 15) is 0 Å². The molecule has 1 aromatic rings. The minimum absolute atomic E-state index is 0.654. The van der Waals surface area contributed by atoms with Gasteiger partial charge in [0.15, 0.2) is 5.17 Å². The van der Waals surface area contributed by atoms with Gasteiger partial charge in [-0.1, -0.05) is 41.6 Å². The van der Waals surface area contributed by atoms with Crippen molar-refractivity contribution in [3.8, 4) is 0 Å². The normalized spacial score (nSPS) is 16.1. The van der Waals surface area contributed by atoms with Gasteiger partial charge in [0.25, 0.3) is 0 Å². The van der Waals surface area contributed by atoms with E-state index < -0.39 is 0 Å². The van der Waals surface area contributed by atoms with Crippen molar-refractivity contribution >= 4 is 22.5 Å². The third-order valence-corrected chi connectivity index (χ3v) is 2.97. The maximum atomic E-state index is 5.57. The molecule has 2 nitrogen and oxygen atoms in total. The predicted molar refractivity (Wildman–Crippen MR) is 63.2 cm³/mol. The lowest BCUT2D eigenvalue weighted by atomic mass is 10.1. The van der Waals surface area contributed by atoms with Crippen LogP contribution in [0.3, 0.4) is 0 Å². The fourth-order valence-electron chi connectivity index (χ4n) is 1.37. The van der Waals surface area contributed by atoms with E-state index in [1.54, 1.807) is 11.8 Å². The van der Waals surface area contributed by atoms with Crippen LogP contribution in [0.5, 0.6) is 0 Å². The summed E-state index contributed by atoms with van der Waals surface area (Å²) in [5.41, 5.74) is 9.33. The molecule has 0 saturated carbocycles. The van der Waals surface area contributed by atoms with E-state index in [1.807, 2.05) is 6.20 Å². The molecule has 1 aromatic carbocycles. The van der Waals surface area contributed by atoms with Gasteiger partial charge in [-0.2, -0.15) is 0 Å². The quantitative estimate of drug-likeness (QED) is 0.762. The highest BCUT2D eigenvalue weighted by Crippen LogP contribution is 2.23. The Labute approximate surface area is 87.9 Å². The van der Waals surface area contributed by atoms with Crippen molar-refractivity contribution in [3.63, 3.8) is 0 Å². The predicted octanol–water partition coefficient (Wildman–Crippen LogP) is 2.40. The molecule has 0 bridgehead atoms. The summed E-state index contributed by atoms with van der Waals surface area (Å²) >= 11 is 1.59. The van der Waals surface area contributed by atoms with Gasteiger partial charge in [-0.05, 0) is 18.1 Å². The van der Waals surface area contributed by atoms with Crippen LogP contribution in [-0.4, -0.2) is 10.9 Å². The Morgan fingerprint density at radius 3 is 2.93 bits per heavy atom. The number of thioether (sulfide) groups is 1. The number of benzene rings is 1. The molecular formula is C11H12N2S. The number of aliphatic imine (C=N–C) groups is 1. The van der Waals surface area contributed by atoms with Gasteiger partial charge >= 0.3 is 0 Å². The molecule has 2 N–H and O–H groups in total. The van der Waals surface area contributed by atoms with Gasteiger partial charge in [0.1, 0.15) is 0 Å². The smallest absolute Gasteiger partial charge is 0.158 e. The first-order chi connectivity index (χ1) is 6.75. The summed E-state index contributed by atoms with van der Waals surface area (Å²) in [6.45, 7) is 2.09. The monoisotopic (exact) mass is 204 g/mol. The second kappa shape index (κ2) is 3.88. The molecule has 0 amide bonds. The first kappa shape index (κ1) is 9.34. The van der Waals surface area contributed by atoms with E-state index in [4.69, 9.17) is 5.73 Å². The Bertz CT molecular complexity index is 408. The molecule has 1 heterocycles. The van der Waals surface area contributed by atoms with Crippen molar-refractivity contribution in [2.24, 2.45) is 10.7 Å². The van der Waals surface area contributed by atoms with Gasteiger partial charge in [-0.3, -0.25) is 0 Å². The van der Waals surface area contributed by atoms with E-state index in [-0.39, 0.29) is 0 Å². The summed E-state index contributed by atoms with van der Waals surface area (Å²) in [6.07, 6.45) is 1.86. The standard InChI is InChI=1S/C11H12N2S/c1-8-3-2-4-9(5-8)10-6-13-11(12)14-7-10/h2-6H,7H2,1H3,(H2,12,13). The average molecular weight is 204 g/mol. The van der Waals surface area contributed by atoms with Crippen molar-refractivity contribution in [1.82, 2.24) is 0 Å². The van der Waals surface area contributed by atoms with Gasteiger partial charge in [0, 0.05) is 12.0 Å². The molecule has 0 unspecified atom stereocenters. The lowest BCUT2D eigenvalue weighted by molar-refractivity contribution is 1.42. The Morgan fingerprint density at radius 2 is 2.29 bits per heavy atom. The Hall–Kier alpha value is -1.22. The summed E-state index contributed by atoms with van der Waals surface area (Å²) in [7, 11) is 0. The second-order valence-corrected chi connectivity index (χ2v) is 4.28. The lowest BCUT2D eigenvalue weighted by Gasteiger charge is -2.10. The van der Waals surface area contributed by atoms with Gasteiger partial charge in [-0.25, -0.2) is 4.99 Å². The topological polar surface area (TPSA) is 38.4 Å². The molecule has 0 aromatic heterocycles. The van der Waals surface area contributed by atoms with E-state index in [2.05, 4.69) is 36.2 Å². The lowest BCUT2D eigenvalue weighted by Crippen LogP contribution is -2.10. The van der Waals surface area contributed by atoms with Crippen molar-refractivity contribution in [1.29, 1.82) is 0 Å². The van der Waals surface area contributed by atoms with Crippen LogP contribution in [0.25, 0.3) is 5.57 Å². The fraction of sp³-hybridized carbons (Fsp3) is 0.182. The zero-order valence-corrected chi connectivity index (χ0v) is 8.84. The third-order valence-electron chi connectivity index (χ3n) is 2.11. The maximum Gasteiger partial charge on any atom is 0.158 e. The highest BCUT2D eigenvalue weighted by Gasteiger charge is 2.07. The molecule has 14 heavy (non-hydrogen) atoms. The largest absolute Gasteiger partial charge is 0.378 e. The van der Waals surface area contributed by atoms with Crippen molar-refractivity contribution in [2.75, 3.05) is 5.75 Å². The highest BCUT2D eigenvalue weighted by molar-refractivity contribution is 8.14. The molecule has 0 radical (unpaired) electrons. The zero-order chi connectivity index (χ0) is 9.97.